The second kappa shape index (κ2) is 14.5. The number of carbonyl (C=O) groups is 1. The summed E-state index contributed by atoms with van der Waals surface area (Å²) in [5.74, 6) is 0.635. The Morgan fingerprint density at radius 2 is 1.84 bits per heavy atom. The van der Waals surface area contributed by atoms with Gasteiger partial charge in [-0.3, -0.25) is 14.3 Å². The maximum atomic E-state index is 14.4. The third kappa shape index (κ3) is 7.74. The molecule has 0 aliphatic carbocycles. The summed E-state index contributed by atoms with van der Waals surface area (Å²) in [7, 11) is -4.16. The van der Waals surface area contributed by atoms with E-state index >= 15 is 0 Å². The quantitative estimate of drug-likeness (QED) is 0.109. The maximum Gasteiger partial charge on any atom is 0.459 e. The summed E-state index contributed by atoms with van der Waals surface area (Å²) in [6.45, 7) is 11.7. The number of hydrogen-bond donors (Lipinski definition) is 2. The summed E-state index contributed by atoms with van der Waals surface area (Å²) in [6, 6.07) is 9.89. The number of unbranched alkanes of at least 4 members (excludes halogenated alkanes) is 1. The molecule has 3 heterocycles. The highest BCUT2D eigenvalue weighted by Crippen LogP contribution is 2.47. The summed E-state index contributed by atoms with van der Waals surface area (Å²) in [5.41, 5.74) is 7.72. The molecule has 0 saturated heterocycles. The van der Waals surface area contributed by atoms with E-state index in [2.05, 4.69) is 26.5 Å². The molecule has 13 heteroatoms. The Labute approximate surface area is 258 Å². The number of nitrogen functional groups attached to an aromatic ring is 1. The van der Waals surface area contributed by atoms with Crippen LogP contribution in [0, 0.1) is 0 Å². The van der Waals surface area contributed by atoms with E-state index in [9.17, 15) is 9.36 Å². The first-order chi connectivity index (χ1) is 21.0. The molecule has 4 rings (SSSR count). The van der Waals surface area contributed by atoms with E-state index in [1.54, 1.807) is 32.9 Å². The SMILES string of the molecule is CCCCC(C)(COP(=O)(N[C@@H](C)C(=O)OC(C)C)Oc1ccncc1)n1c(COCC)nc2c(N)nc3ccccc3c21. The smallest absolute Gasteiger partial charge is 0.459 e. The summed E-state index contributed by atoms with van der Waals surface area (Å²) in [6.07, 6.45) is 5.08. The number of imidazole rings is 1. The van der Waals surface area contributed by atoms with Crippen molar-refractivity contribution in [2.75, 3.05) is 18.9 Å². The van der Waals surface area contributed by atoms with Crippen molar-refractivity contribution in [3.05, 3.63) is 54.6 Å². The zero-order chi connectivity index (χ0) is 31.9. The molecule has 0 aliphatic heterocycles. The number of rotatable bonds is 16. The van der Waals surface area contributed by atoms with Crippen molar-refractivity contribution >= 4 is 41.5 Å². The molecular weight excluding hydrogens is 583 g/mol. The Balaban J connectivity index is 1.81. The number of para-hydroxylation sites is 1. The van der Waals surface area contributed by atoms with Gasteiger partial charge in [-0.1, -0.05) is 38.0 Å². The van der Waals surface area contributed by atoms with E-state index in [1.807, 2.05) is 38.1 Å². The summed E-state index contributed by atoms with van der Waals surface area (Å²) in [5, 5.41) is 3.65. The highest BCUT2D eigenvalue weighted by atomic mass is 31.2. The van der Waals surface area contributed by atoms with Crippen LogP contribution < -0.4 is 15.3 Å². The molecule has 0 fully saturated rings. The van der Waals surface area contributed by atoms with Gasteiger partial charge in [0, 0.05) is 24.4 Å². The second-order valence-electron chi connectivity index (χ2n) is 11.2. The lowest BCUT2D eigenvalue weighted by molar-refractivity contribution is -0.149. The molecule has 3 atom stereocenters. The first-order valence-electron chi connectivity index (χ1n) is 15.0. The average molecular weight is 627 g/mol. The molecule has 44 heavy (non-hydrogen) atoms. The van der Waals surface area contributed by atoms with Gasteiger partial charge in [0.15, 0.2) is 5.82 Å². The maximum absolute atomic E-state index is 14.4. The Hall–Kier alpha value is -3.57. The minimum Gasteiger partial charge on any atom is -0.462 e. The Morgan fingerprint density at radius 3 is 2.52 bits per heavy atom. The molecule has 3 aromatic heterocycles. The van der Waals surface area contributed by atoms with Gasteiger partial charge in [-0.05, 0) is 59.2 Å². The second-order valence-corrected chi connectivity index (χ2v) is 12.9. The number of fused-ring (bicyclic) bond motifs is 3. The van der Waals surface area contributed by atoms with E-state index in [0.29, 0.717) is 30.2 Å². The van der Waals surface area contributed by atoms with Crippen LogP contribution >= 0.6 is 7.75 Å². The topological polar surface area (TPSA) is 153 Å². The van der Waals surface area contributed by atoms with Gasteiger partial charge in [0.05, 0.1) is 29.3 Å². The molecule has 0 aliphatic rings. The van der Waals surface area contributed by atoms with Crippen molar-refractivity contribution in [1.29, 1.82) is 0 Å². The van der Waals surface area contributed by atoms with Gasteiger partial charge in [0.1, 0.15) is 29.7 Å². The van der Waals surface area contributed by atoms with Gasteiger partial charge < -0.3 is 24.3 Å². The summed E-state index contributed by atoms with van der Waals surface area (Å²) in [4.78, 5) is 26.2. The Kier molecular flexibility index (Phi) is 11.0. The molecule has 238 valence electrons. The predicted molar refractivity (Wildman–Crippen MR) is 170 cm³/mol. The first kappa shape index (κ1) is 33.3. The Morgan fingerprint density at radius 1 is 1.11 bits per heavy atom. The van der Waals surface area contributed by atoms with E-state index < -0.39 is 25.3 Å². The minimum absolute atomic E-state index is 0.0601. The molecule has 2 unspecified atom stereocenters. The van der Waals surface area contributed by atoms with Crippen molar-refractivity contribution < 1.29 is 27.9 Å². The lowest BCUT2D eigenvalue weighted by Gasteiger charge is -2.35. The fourth-order valence-electron chi connectivity index (χ4n) is 5.00. The normalized spacial score (nSPS) is 15.2. The number of anilines is 1. The van der Waals surface area contributed by atoms with E-state index in [4.69, 9.17) is 29.2 Å². The largest absolute Gasteiger partial charge is 0.462 e. The van der Waals surface area contributed by atoms with Gasteiger partial charge in [0.25, 0.3) is 0 Å². The number of aromatic nitrogens is 4. The fourth-order valence-corrected chi connectivity index (χ4v) is 6.61. The average Bonchev–Trinajstić information content (AvgIpc) is 3.39. The third-order valence-electron chi connectivity index (χ3n) is 7.11. The highest BCUT2D eigenvalue weighted by Gasteiger charge is 2.39. The van der Waals surface area contributed by atoms with Gasteiger partial charge in [-0.25, -0.2) is 14.5 Å². The number of benzene rings is 1. The molecule has 0 amide bonds. The zero-order valence-electron chi connectivity index (χ0n) is 26.3. The van der Waals surface area contributed by atoms with Crippen LogP contribution in [0.4, 0.5) is 5.82 Å². The van der Waals surface area contributed by atoms with Gasteiger partial charge in [-0.2, -0.15) is 5.09 Å². The van der Waals surface area contributed by atoms with Gasteiger partial charge >= 0.3 is 13.7 Å². The standard InChI is InChI=1S/C31H43N6O6P/c1-7-9-16-31(6,20-41-44(39,43-23-14-17-33-18-15-23)36-22(5)30(38)42-21(3)4)37-26(19-40-8-2)35-27-28(37)24-12-10-11-13-25(24)34-29(27)32/h10-15,17-18,21-22H,7-9,16,19-20H2,1-6H3,(H2,32,34)(H,36,39)/t22-,31?,44?/m0/s1. The summed E-state index contributed by atoms with van der Waals surface area (Å²) < 4.78 is 39.8. The first-order valence-corrected chi connectivity index (χ1v) is 16.5. The minimum atomic E-state index is -4.16. The number of nitrogens with one attached hydrogen (secondary N) is 1. The molecule has 3 N–H and O–H groups in total. The molecule has 1 aromatic carbocycles. The number of ether oxygens (including phenoxy) is 2. The van der Waals surface area contributed by atoms with Crippen LogP contribution in [0.25, 0.3) is 21.9 Å². The Bertz CT molecular complexity index is 1610. The fraction of sp³-hybridized carbons (Fsp3) is 0.484. The molecule has 0 radical (unpaired) electrons. The van der Waals surface area contributed by atoms with Crippen molar-refractivity contribution in [2.24, 2.45) is 0 Å². The zero-order valence-corrected chi connectivity index (χ0v) is 27.2. The summed E-state index contributed by atoms with van der Waals surface area (Å²) >= 11 is 0. The number of nitrogens with two attached hydrogens (primary N) is 1. The third-order valence-corrected chi connectivity index (χ3v) is 8.74. The number of pyridine rings is 2. The monoisotopic (exact) mass is 626 g/mol. The molecule has 0 bridgehead atoms. The van der Waals surface area contributed by atoms with Crippen LogP contribution in [0.5, 0.6) is 5.75 Å². The van der Waals surface area contributed by atoms with Crippen molar-refractivity contribution in [3.8, 4) is 5.75 Å². The molecule has 0 spiro atoms. The van der Waals surface area contributed by atoms with E-state index in [-0.39, 0.29) is 25.1 Å². The van der Waals surface area contributed by atoms with Crippen molar-refractivity contribution in [2.45, 2.75) is 85.1 Å². The van der Waals surface area contributed by atoms with E-state index in [1.165, 1.54) is 12.4 Å². The van der Waals surface area contributed by atoms with Crippen molar-refractivity contribution in [3.63, 3.8) is 0 Å². The molecule has 12 nitrogen and oxygen atoms in total. The molecule has 4 aromatic rings. The van der Waals surface area contributed by atoms with Gasteiger partial charge in [-0.15, -0.1) is 0 Å². The number of hydrogen-bond acceptors (Lipinski definition) is 10. The van der Waals surface area contributed by atoms with Crippen LogP contribution in [-0.4, -0.2) is 50.8 Å². The molecular formula is C31H43N6O6P. The lowest BCUT2D eigenvalue weighted by Crippen LogP contribution is -2.40. The van der Waals surface area contributed by atoms with Gasteiger partial charge in [0.2, 0.25) is 0 Å². The number of nitrogens with zero attached hydrogens (tertiary/aromatic N) is 4. The van der Waals surface area contributed by atoms with Crippen LogP contribution in [0.15, 0.2) is 48.8 Å². The lowest BCUT2D eigenvalue weighted by atomic mass is 9.94. The van der Waals surface area contributed by atoms with Crippen LogP contribution in [-0.2, 0) is 35.5 Å². The van der Waals surface area contributed by atoms with Crippen LogP contribution in [0.2, 0.25) is 0 Å². The highest BCUT2D eigenvalue weighted by molar-refractivity contribution is 7.52. The number of carbonyl (C=O) groups excluding carboxylic acids is 1. The number of esters is 1. The van der Waals surface area contributed by atoms with Crippen LogP contribution in [0.1, 0.15) is 66.6 Å². The van der Waals surface area contributed by atoms with E-state index in [0.717, 1.165) is 29.3 Å². The van der Waals surface area contributed by atoms with Crippen LogP contribution in [0.3, 0.4) is 0 Å². The van der Waals surface area contributed by atoms with Crippen molar-refractivity contribution in [1.82, 2.24) is 24.6 Å². The molecule has 0 saturated carbocycles. The predicted octanol–water partition coefficient (Wildman–Crippen LogP) is 6.14.